The van der Waals surface area contributed by atoms with E-state index in [0.717, 1.165) is 0 Å². The first-order valence-electron chi connectivity index (χ1n) is 0.894. The normalized spacial score (nSPS) is 8.57. The molecule has 0 aromatic heterocycles. The number of hydrogen-bond acceptors (Lipinski definition) is 4. The second-order valence-corrected chi connectivity index (χ2v) is 1.80. The van der Waals surface area contributed by atoms with Gasteiger partial charge in [0.15, 0.2) is 0 Å². The van der Waals surface area contributed by atoms with Crippen LogP contribution in [0.5, 0.6) is 0 Å². The van der Waals surface area contributed by atoms with Crippen LogP contribution in [0.3, 0.4) is 0 Å². The van der Waals surface area contributed by atoms with Gasteiger partial charge in [0, 0.05) is 16.5 Å². The van der Waals surface area contributed by atoms with Crippen LogP contribution >= 0.6 is 9.90 Å². The average molecular weight is 189 g/mol. The van der Waals surface area contributed by atoms with Gasteiger partial charge in [0.25, 0.3) is 0 Å². The molecule has 0 saturated carbocycles. The Morgan fingerprint density at radius 3 is 0.857 bits per heavy atom. The molecule has 4 N–H and O–H groups in total. The topological polar surface area (TPSA) is 80.9 Å². The van der Waals surface area contributed by atoms with Gasteiger partial charge in [-0.3, -0.25) is 0 Å². The molecule has 0 fully saturated rings. The molecule has 0 rings (SSSR count). The summed E-state index contributed by atoms with van der Waals surface area (Å²) in [5.74, 6) is 0. The third-order valence-electron chi connectivity index (χ3n) is 0. The first-order chi connectivity index (χ1) is 2.00. The molecule has 1 unspecified atom stereocenters. The Kier molecular flexibility index (Phi) is 11.5. The van der Waals surface area contributed by atoms with E-state index in [0.29, 0.717) is 0 Å². The zero-order valence-electron chi connectivity index (χ0n) is 3.31. The maximum absolute atomic E-state index is 7.33. The Bertz CT molecular complexity index is 27.2. The zero-order valence-corrected chi connectivity index (χ0v) is 6.71. The van der Waals surface area contributed by atoms with Crippen molar-refractivity contribution in [3.8, 4) is 0 Å². The molecule has 7 heteroatoms. The molecule has 4 nitrogen and oxygen atoms in total. The van der Waals surface area contributed by atoms with Crippen LogP contribution in [0.2, 0.25) is 0 Å². The van der Waals surface area contributed by atoms with Gasteiger partial charge >= 0.3 is 9.05 Å². The van der Waals surface area contributed by atoms with Gasteiger partial charge in [-0.15, -0.1) is 0 Å². The third-order valence-corrected chi connectivity index (χ3v) is 0. The predicted octanol–water partition coefficient (Wildman–Crippen LogP) is -2.55. The van der Waals surface area contributed by atoms with E-state index in [-0.39, 0.29) is 26.4 Å². The van der Waals surface area contributed by atoms with E-state index in [1.165, 1.54) is 0 Å². The van der Waals surface area contributed by atoms with Crippen molar-refractivity contribution in [3.63, 3.8) is 0 Å². The molecule has 0 spiro atoms. The predicted molar refractivity (Wildman–Crippen MR) is 25.7 cm³/mol. The van der Waals surface area contributed by atoms with Gasteiger partial charge in [-0.25, -0.2) is 0 Å². The van der Waals surface area contributed by atoms with E-state index in [4.69, 9.17) is 19.2 Å². The minimum Gasteiger partial charge on any atom is -0.368 e. The average Bonchev–Trinajstić information content (AvgIpc) is 0.722. The summed E-state index contributed by atoms with van der Waals surface area (Å²) in [7, 11) is -4.61. The van der Waals surface area contributed by atoms with E-state index < -0.39 is 9.05 Å². The Morgan fingerprint density at radius 2 is 0.857 bits per heavy atom. The van der Waals surface area contributed by atoms with Gasteiger partial charge in [-0.2, -0.15) is 9.90 Å². The fourth-order valence-electron chi connectivity index (χ4n) is 0. The summed E-state index contributed by atoms with van der Waals surface area (Å²) < 4.78 is 0. The molecular formula is H7NiO4PSi. The van der Waals surface area contributed by atoms with Crippen molar-refractivity contribution in [3.05, 3.63) is 0 Å². The van der Waals surface area contributed by atoms with E-state index in [9.17, 15) is 0 Å². The maximum atomic E-state index is 7.33. The Labute approximate surface area is 55.2 Å². The summed E-state index contributed by atoms with van der Waals surface area (Å²) in [6.07, 6.45) is 0. The number of hydrogen-bond donors (Lipinski definition) is 4. The molecular weight excluding hydrogens is 182 g/mol. The standard InChI is InChI=1S/Ni.H4O4Si.H3P/c;1-5(2,3)4;/h;1-4H;1H3. The summed E-state index contributed by atoms with van der Waals surface area (Å²) in [5, 5.41) is 0. The quantitative estimate of drug-likeness (QED) is 0.249. The summed E-state index contributed by atoms with van der Waals surface area (Å²) in [6.45, 7) is 0. The molecule has 0 radical (unpaired) electrons. The van der Waals surface area contributed by atoms with Gasteiger partial charge in [-0.05, 0) is 0 Å². The first-order valence-corrected chi connectivity index (χ1v) is 2.68. The van der Waals surface area contributed by atoms with Crippen LogP contribution in [-0.2, 0) is 16.5 Å². The van der Waals surface area contributed by atoms with E-state index in [1.807, 2.05) is 0 Å². The molecule has 0 aliphatic heterocycles. The van der Waals surface area contributed by atoms with Crippen molar-refractivity contribution in [2.24, 2.45) is 0 Å². The fraction of sp³-hybridized carbons (Fsp3) is 0. The molecule has 1 atom stereocenters. The van der Waals surface area contributed by atoms with Crippen molar-refractivity contribution in [2.45, 2.75) is 0 Å². The SMILES string of the molecule is O[Si](O)(O)O.P.[Ni]. The molecule has 0 aromatic carbocycles. The molecule has 7 heavy (non-hydrogen) atoms. The molecule has 0 aliphatic carbocycles. The van der Waals surface area contributed by atoms with Crippen molar-refractivity contribution in [1.29, 1.82) is 0 Å². The van der Waals surface area contributed by atoms with Gasteiger partial charge in [0.1, 0.15) is 0 Å². The second kappa shape index (κ2) is 5.12. The molecule has 0 aliphatic rings. The summed E-state index contributed by atoms with van der Waals surface area (Å²) in [4.78, 5) is 29.3. The first kappa shape index (κ1) is 15.7. The molecule has 0 saturated heterocycles. The van der Waals surface area contributed by atoms with Crippen LogP contribution in [0.1, 0.15) is 0 Å². The smallest absolute Gasteiger partial charge is 0.368 e. The minimum absolute atomic E-state index is 0. The van der Waals surface area contributed by atoms with E-state index >= 15 is 0 Å². The monoisotopic (exact) mass is 188 g/mol. The van der Waals surface area contributed by atoms with Crippen LogP contribution in [0.25, 0.3) is 0 Å². The third kappa shape index (κ3) is 180. The van der Waals surface area contributed by atoms with Gasteiger partial charge < -0.3 is 19.2 Å². The maximum Gasteiger partial charge on any atom is 0.668 e. The Hall–Kier alpha value is 0.980. The molecule has 50 valence electrons. The molecule has 0 heterocycles. The van der Waals surface area contributed by atoms with Crippen molar-refractivity contribution < 1.29 is 35.7 Å². The van der Waals surface area contributed by atoms with E-state index in [1.54, 1.807) is 0 Å². The fourth-order valence-corrected chi connectivity index (χ4v) is 0. The van der Waals surface area contributed by atoms with Crippen molar-refractivity contribution in [2.75, 3.05) is 0 Å². The van der Waals surface area contributed by atoms with Crippen molar-refractivity contribution >= 4 is 18.9 Å². The Balaban J connectivity index is -0.0000000800. The molecule has 0 amide bonds. The Morgan fingerprint density at radius 1 is 0.857 bits per heavy atom. The van der Waals surface area contributed by atoms with Crippen LogP contribution in [0, 0.1) is 0 Å². The zero-order chi connectivity index (χ0) is 4.50. The van der Waals surface area contributed by atoms with Gasteiger partial charge in [0.05, 0.1) is 0 Å². The summed E-state index contributed by atoms with van der Waals surface area (Å²) in [6, 6.07) is 0. The summed E-state index contributed by atoms with van der Waals surface area (Å²) in [5.41, 5.74) is 0. The summed E-state index contributed by atoms with van der Waals surface area (Å²) >= 11 is 0. The van der Waals surface area contributed by atoms with E-state index in [2.05, 4.69) is 0 Å². The van der Waals surface area contributed by atoms with Crippen LogP contribution in [0.4, 0.5) is 0 Å². The van der Waals surface area contributed by atoms with Gasteiger partial charge in [-0.1, -0.05) is 0 Å². The van der Waals surface area contributed by atoms with Crippen LogP contribution in [0.15, 0.2) is 0 Å². The van der Waals surface area contributed by atoms with Crippen LogP contribution < -0.4 is 0 Å². The number of rotatable bonds is 0. The molecule has 0 bridgehead atoms. The molecule has 0 aromatic rings. The van der Waals surface area contributed by atoms with Gasteiger partial charge in [0.2, 0.25) is 0 Å². The van der Waals surface area contributed by atoms with Crippen LogP contribution in [-0.4, -0.2) is 28.2 Å². The minimum atomic E-state index is -4.61. The largest absolute Gasteiger partial charge is 0.668 e. The second-order valence-electron chi connectivity index (χ2n) is 0.600. The van der Waals surface area contributed by atoms with Crippen molar-refractivity contribution in [1.82, 2.24) is 0 Å².